The van der Waals surface area contributed by atoms with Crippen LogP contribution < -0.4 is 5.32 Å². The van der Waals surface area contributed by atoms with Crippen LogP contribution in [0.1, 0.15) is 54.5 Å². The molecule has 0 unspecified atom stereocenters. The number of nitrogens with one attached hydrogen (secondary N) is 2. The zero-order valence-corrected chi connectivity index (χ0v) is 15.5. The lowest BCUT2D eigenvalue weighted by Gasteiger charge is -2.21. The summed E-state index contributed by atoms with van der Waals surface area (Å²) in [5.74, 6) is 0.105. The topological polar surface area (TPSA) is 54.1 Å². The number of ether oxygens (including phenoxy) is 1. The Morgan fingerprint density at radius 3 is 2.72 bits per heavy atom. The van der Waals surface area contributed by atoms with Crippen molar-refractivity contribution in [3.63, 3.8) is 0 Å². The van der Waals surface area contributed by atoms with Gasteiger partial charge in [-0.2, -0.15) is 0 Å². The average molecular weight is 340 g/mol. The molecule has 2 heterocycles. The molecule has 1 aromatic heterocycles. The van der Waals surface area contributed by atoms with Gasteiger partial charge in [0.25, 0.3) is 0 Å². The Kier molecular flexibility index (Phi) is 4.11. The third-order valence-corrected chi connectivity index (χ3v) is 6.12. The molecule has 1 atom stereocenters. The van der Waals surface area contributed by atoms with Gasteiger partial charge in [0.1, 0.15) is 0 Å². The molecule has 1 saturated heterocycles. The third-order valence-electron chi connectivity index (χ3n) is 6.12. The maximum atomic E-state index is 12.7. The number of H-pyrrole nitrogens is 1. The first-order valence-electron chi connectivity index (χ1n) is 9.48. The van der Waals surface area contributed by atoms with E-state index in [2.05, 4.69) is 43.2 Å². The number of hydrogen-bond donors (Lipinski definition) is 2. The van der Waals surface area contributed by atoms with Crippen LogP contribution in [0.2, 0.25) is 0 Å². The third kappa shape index (κ3) is 2.97. The molecule has 4 heteroatoms. The van der Waals surface area contributed by atoms with Crippen molar-refractivity contribution >= 4 is 16.8 Å². The van der Waals surface area contributed by atoms with Crippen molar-refractivity contribution in [1.29, 1.82) is 0 Å². The minimum Gasteiger partial charge on any atom is -0.373 e. The van der Waals surface area contributed by atoms with Crippen molar-refractivity contribution < 1.29 is 9.53 Å². The predicted molar refractivity (Wildman–Crippen MR) is 99.9 cm³/mol. The Balaban J connectivity index is 1.49. The van der Waals surface area contributed by atoms with Gasteiger partial charge in [0, 0.05) is 16.6 Å². The molecular formula is C21H28N2O2. The fraction of sp³-hybridized carbons (Fsp3) is 0.571. The Bertz CT molecular complexity index is 815. The summed E-state index contributed by atoms with van der Waals surface area (Å²) in [7, 11) is 0. The number of aromatic nitrogens is 1. The summed E-state index contributed by atoms with van der Waals surface area (Å²) in [6.45, 7) is 6.95. The maximum absolute atomic E-state index is 12.7. The molecule has 25 heavy (non-hydrogen) atoms. The van der Waals surface area contributed by atoms with Crippen LogP contribution in [-0.4, -0.2) is 29.1 Å². The largest absolute Gasteiger partial charge is 0.373 e. The molecule has 1 aromatic carbocycles. The maximum Gasteiger partial charge on any atom is 0.224 e. The number of benzene rings is 1. The van der Waals surface area contributed by atoms with E-state index in [1.54, 1.807) is 0 Å². The molecule has 1 amide bonds. The van der Waals surface area contributed by atoms with Crippen molar-refractivity contribution in [2.75, 3.05) is 6.61 Å². The summed E-state index contributed by atoms with van der Waals surface area (Å²) in [6.07, 6.45) is 6.23. The molecule has 2 aliphatic rings. The Morgan fingerprint density at radius 2 is 1.96 bits per heavy atom. The summed E-state index contributed by atoms with van der Waals surface area (Å²) in [5.41, 5.74) is 5.89. The van der Waals surface area contributed by atoms with Gasteiger partial charge in [-0.05, 0) is 56.7 Å². The zero-order chi connectivity index (χ0) is 17.6. The van der Waals surface area contributed by atoms with Crippen molar-refractivity contribution in [2.45, 2.75) is 70.9 Å². The standard InChI is InChI=1S/C21H28N2O2/c1-13-6-7-14(2)20-19(13)17(15(3)22-20)10-18(24)23-16-11-21(25-12-16)8-4-5-9-21/h6-7,16,22H,4-5,8-12H2,1-3H3,(H,23,24)/t16-/m0/s1. The molecule has 1 aliphatic heterocycles. The summed E-state index contributed by atoms with van der Waals surface area (Å²) in [5, 5.41) is 4.43. The van der Waals surface area contributed by atoms with Crippen molar-refractivity contribution in [2.24, 2.45) is 0 Å². The second-order valence-electron chi connectivity index (χ2n) is 8.02. The number of fused-ring (bicyclic) bond motifs is 1. The van der Waals surface area contributed by atoms with Gasteiger partial charge in [0.2, 0.25) is 5.91 Å². The minimum atomic E-state index is 0.0579. The van der Waals surface area contributed by atoms with Crippen LogP contribution in [0.15, 0.2) is 12.1 Å². The van der Waals surface area contributed by atoms with Crippen LogP contribution >= 0.6 is 0 Å². The second kappa shape index (κ2) is 6.17. The smallest absolute Gasteiger partial charge is 0.224 e. The molecule has 2 fully saturated rings. The van der Waals surface area contributed by atoms with E-state index in [9.17, 15) is 4.79 Å². The fourth-order valence-electron chi connectivity index (χ4n) is 4.78. The first-order valence-corrected chi connectivity index (χ1v) is 9.48. The molecule has 4 rings (SSSR count). The van der Waals surface area contributed by atoms with Crippen LogP contribution in [0, 0.1) is 20.8 Å². The lowest BCUT2D eigenvalue weighted by molar-refractivity contribution is -0.121. The number of amides is 1. The molecule has 1 spiro atoms. The normalized spacial score (nSPS) is 22.1. The van der Waals surface area contributed by atoms with E-state index in [1.807, 2.05) is 0 Å². The molecule has 0 bridgehead atoms. The Labute approximate surface area is 149 Å². The Hall–Kier alpha value is -1.81. The van der Waals surface area contributed by atoms with Gasteiger partial charge in [0.05, 0.1) is 24.7 Å². The number of aryl methyl sites for hydroxylation is 3. The quantitative estimate of drug-likeness (QED) is 0.891. The van der Waals surface area contributed by atoms with Crippen LogP contribution in [0.5, 0.6) is 0 Å². The van der Waals surface area contributed by atoms with E-state index in [-0.39, 0.29) is 17.6 Å². The summed E-state index contributed by atoms with van der Waals surface area (Å²) in [4.78, 5) is 16.2. The fourth-order valence-corrected chi connectivity index (χ4v) is 4.78. The van der Waals surface area contributed by atoms with Gasteiger partial charge in [-0.1, -0.05) is 25.0 Å². The van der Waals surface area contributed by atoms with E-state index in [4.69, 9.17) is 4.74 Å². The number of hydrogen-bond acceptors (Lipinski definition) is 2. The number of carbonyl (C=O) groups excluding carboxylic acids is 1. The zero-order valence-electron chi connectivity index (χ0n) is 15.5. The van der Waals surface area contributed by atoms with Gasteiger partial charge in [0.15, 0.2) is 0 Å². The lowest BCUT2D eigenvalue weighted by Crippen LogP contribution is -2.37. The SMILES string of the molecule is Cc1[nH]c2c(C)ccc(C)c2c1CC(=O)N[C@@H]1COC2(CCCC2)C1. The molecule has 134 valence electrons. The Morgan fingerprint density at radius 1 is 1.24 bits per heavy atom. The van der Waals surface area contributed by atoms with Gasteiger partial charge < -0.3 is 15.0 Å². The molecule has 0 radical (unpaired) electrons. The monoisotopic (exact) mass is 340 g/mol. The van der Waals surface area contributed by atoms with E-state index >= 15 is 0 Å². The van der Waals surface area contributed by atoms with Crippen molar-refractivity contribution in [1.82, 2.24) is 10.3 Å². The average Bonchev–Trinajstić information content (AvgIpc) is 3.26. The van der Waals surface area contributed by atoms with Gasteiger partial charge >= 0.3 is 0 Å². The highest BCUT2D eigenvalue weighted by molar-refractivity contribution is 5.93. The lowest BCUT2D eigenvalue weighted by atomic mass is 9.96. The molecular weight excluding hydrogens is 312 g/mol. The molecule has 4 nitrogen and oxygen atoms in total. The highest BCUT2D eigenvalue weighted by Gasteiger charge is 2.42. The number of aromatic amines is 1. The van der Waals surface area contributed by atoms with Gasteiger partial charge in [-0.25, -0.2) is 0 Å². The van der Waals surface area contributed by atoms with Crippen molar-refractivity contribution in [3.05, 3.63) is 34.5 Å². The second-order valence-corrected chi connectivity index (χ2v) is 8.02. The first-order chi connectivity index (χ1) is 12.0. The van der Waals surface area contributed by atoms with Crippen LogP contribution in [-0.2, 0) is 16.0 Å². The highest BCUT2D eigenvalue weighted by Crippen LogP contribution is 2.40. The minimum absolute atomic E-state index is 0.0579. The summed E-state index contributed by atoms with van der Waals surface area (Å²) >= 11 is 0. The summed E-state index contributed by atoms with van der Waals surface area (Å²) in [6, 6.07) is 4.44. The van der Waals surface area contributed by atoms with E-state index < -0.39 is 0 Å². The van der Waals surface area contributed by atoms with Crippen LogP contribution in [0.3, 0.4) is 0 Å². The first kappa shape index (κ1) is 16.6. The predicted octanol–water partition coefficient (Wildman–Crippen LogP) is 3.85. The molecule has 2 N–H and O–H groups in total. The van der Waals surface area contributed by atoms with Gasteiger partial charge in [-0.3, -0.25) is 4.79 Å². The van der Waals surface area contributed by atoms with Gasteiger partial charge in [-0.15, -0.1) is 0 Å². The van der Waals surface area contributed by atoms with E-state index in [0.717, 1.165) is 36.0 Å². The molecule has 1 aliphatic carbocycles. The van der Waals surface area contributed by atoms with Crippen LogP contribution in [0.25, 0.3) is 10.9 Å². The van der Waals surface area contributed by atoms with Crippen molar-refractivity contribution in [3.8, 4) is 0 Å². The number of carbonyl (C=O) groups is 1. The molecule has 2 aromatic rings. The number of rotatable bonds is 3. The van der Waals surface area contributed by atoms with E-state index in [0.29, 0.717) is 13.0 Å². The molecule has 1 saturated carbocycles. The highest BCUT2D eigenvalue weighted by atomic mass is 16.5. The summed E-state index contributed by atoms with van der Waals surface area (Å²) < 4.78 is 6.06. The van der Waals surface area contributed by atoms with E-state index in [1.165, 1.54) is 29.4 Å². The van der Waals surface area contributed by atoms with Crippen LogP contribution in [0.4, 0.5) is 0 Å².